The molecule has 1 aromatic heterocycles. The number of benzene rings is 1. The van der Waals surface area contributed by atoms with Crippen LogP contribution in [0.4, 0.5) is 14.6 Å². The van der Waals surface area contributed by atoms with Gasteiger partial charge in [0.1, 0.15) is 5.69 Å². The summed E-state index contributed by atoms with van der Waals surface area (Å²) >= 11 is 0. The second-order valence-electron chi connectivity index (χ2n) is 3.95. The minimum Gasteiger partial charge on any atom is -0.477 e. The summed E-state index contributed by atoms with van der Waals surface area (Å²) in [6.07, 6.45) is -0.188. The topological polar surface area (TPSA) is 95.1 Å². The number of nitrogens with one attached hydrogen (secondary N) is 2. The molecule has 0 bridgehead atoms. The van der Waals surface area contributed by atoms with Crippen molar-refractivity contribution in [1.29, 1.82) is 0 Å². The average Bonchev–Trinajstić information content (AvgIpc) is 2.82. The van der Waals surface area contributed by atoms with Crippen LogP contribution in [-0.2, 0) is 11.2 Å². The molecule has 0 saturated heterocycles. The lowest BCUT2D eigenvalue weighted by Gasteiger charge is -2.02. The number of H-pyrrole nitrogens is 1. The zero-order chi connectivity index (χ0) is 14.7. The maximum absolute atomic E-state index is 13.0. The van der Waals surface area contributed by atoms with E-state index in [-0.39, 0.29) is 23.5 Å². The number of hydrogen-bond donors (Lipinski definition) is 3. The number of nitrogens with zero attached hydrogens (tertiary/aromatic N) is 1. The van der Waals surface area contributed by atoms with E-state index in [1.807, 2.05) is 0 Å². The summed E-state index contributed by atoms with van der Waals surface area (Å²) < 4.78 is 25.7. The highest BCUT2D eigenvalue weighted by Crippen LogP contribution is 2.11. The van der Waals surface area contributed by atoms with Crippen LogP contribution in [0.5, 0.6) is 0 Å². The van der Waals surface area contributed by atoms with Crippen LogP contribution in [0.2, 0.25) is 0 Å². The van der Waals surface area contributed by atoms with E-state index < -0.39 is 23.5 Å². The number of rotatable bonds is 4. The second kappa shape index (κ2) is 5.47. The van der Waals surface area contributed by atoms with Crippen molar-refractivity contribution in [3.05, 3.63) is 47.2 Å². The van der Waals surface area contributed by atoms with E-state index >= 15 is 0 Å². The number of carboxylic acid groups (broad SMARTS) is 1. The van der Waals surface area contributed by atoms with Gasteiger partial charge in [-0.2, -0.15) is 5.10 Å². The molecular formula is C12H9F2N3O3. The molecule has 0 atom stereocenters. The molecule has 1 amide bonds. The number of anilines is 1. The lowest BCUT2D eigenvalue weighted by atomic mass is 10.1. The van der Waals surface area contributed by atoms with Crippen molar-refractivity contribution in [2.24, 2.45) is 0 Å². The van der Waals surface area contributed by atoms with E-state index in [0.29, 0.717) is 0 Å². The minimum absolute atomic E-state index is 0.0370. The van der Waals surface area contributed by atoms with Gasteiger partial charge in [-0.25, -0.2) is 13.6 Å². The molecule has 0 aliphatic heterocycles. The highest BCUT2D eigenvalue weighted by atomic mass is 19.2. The third-order valence-electron chi connectivity index (χ3n) is 2.42. The second-order valence-corrected chi connectivity index (χ2v) is 3.95. The first-order chi connectivity index (χ1) is 9.45. The van der Waals surface area contributed by atoms with Gasteiger partial charge in [-0.05, 0) is 17.7 Å². The molecule has 3 N–H and O–H groups in total. The molecule has 0 aliphatic rings. The fourth-order valence-electron chi connectivity index (χ4n) is 1.52. The van der Waals surface area contributed by atoms with Crippen LogP contribution in [0.25, 0.3) is 0 Å². The van der Waals surface area contributed by atoms with Crippen molar-refractivity contribution in [1.82, 2.24) is 10.2 Å². The largest absolute Gasteiger partial charge is 0.477 e. The zero-order valence-corrected chi connectivity index (χ0v) is 9.98. The first-order valence-electron chi connectivity index (χ1n) is 5.48. The molecule has 8 heteroatoms. The van der Waals surface area contributed by atoms with Gasteiger partial charge in [-0.3, -0.25) is 9.89 Å². The minimum atomic E-state index is -1.21. The summed E-state index contributed by atoms with van der Waals surface area (Å²) in [6, 6.07) is 4.27. The molecule has 0 unspecified atom stereocenters. The number of aromatic nitrogens is 2. The van der Waals surface area contributed by atoms with Gasteiger partial charge in [0, 0.05) is 6.07 Å². The molecule has 104 valence electrons. The normalized spacial score (nSPS) is 10.3. The van der Waals surface area contributed by atoms with Crippen LogP contribution in [-0.4, -0.2) is 27.2 Å². The number of carboxylic acids is 1. The van der Waals surface area contributed by atoms with Crippen LogP contribution < -0.4 is 5.32 Å². The van der Waals surface area contributed by atoms with Crippen molar-refractivity contribution in [3.8, 4) is 0 Å². The molecule has 0 aliphatic carbocycles. The highest BCUT2D eigenvalue weighted by molar-refractivity contribution is 5.93. The fourth-order valence-corrected chi connectivity index (χ4v) is 1.52. The van der Waals surface area contributed by atoms with Crippen molar-refractivity contribution < 1.29 is 23.5 Å². The van der Waals surface area contributed by atoms with E-state index in [1.165, 1.54) is 6.07 Å². The van der Waals surface area contributed by atoms with Gasteiger partial charge >= 0.3 is 5.97 Å². The van der Waals surface area contributed by atoms with Gasteiger partial charge in [-0.15, -0.1) is 0 Å². The smallest absolute Gasteiger partial charge is 0.353 e. The summed E-state index contributed by atoms with van der Waals surface area (Å²) in [5.41, 5.74) is 0.114. The molecular weight excluding hydrogens is 272 g/mol. The average molecular weight is 281 g/mol. The van der Waals surface area contributed by atoms with Gasteiger partial charge in [0.15, 0.2) is 17.5 Å². The third-order valence-corrected chi connectivity index (χ3v) is 2.42. The number of hydrogen-bond acceptors (Lipinski definition) is 3. The number of carbonyl (C=O) groups is 2. The molecule has 0 fully saturated rings. The lowest BCUT2D eigenvalue weighted by molar-refractivity contribution is -0.115. The van der Waals surface area contributed by atoms with E-state index in [0.717, 1.165) is 18.2 Å². The van der Waals surface area contributed by atoms with Crippen LogP contribution in [0.15, 0.2) is 24.3 Å². The molecule has 0 spiro atoms. The van der Waals surface area contributed by atoms with Crippen molar-refractivity contribution in [3.63, 3.8) is 0 Å². The fraction of sp³-hybridized carbons (Fsp3) is 0.0833. The van der Waals surface area contributed by atoms with E-state index in [4.69, 9.17) is 5.11 Å². The van der Waals surface area contributed by atoms with Gasteiger partial charge in [0.2, 0.25) is 5.91 Å². The quantitative estimate of drug-likeness (QED) is 0.792. The van der Waals surface area contributed by atoms with Gasteiger partial charge in [-0.1, -0.05) is 6.07 Å². The van der Waals surface area contributed by atoms with Crippen LogP contribution in [0.3, 0.4) is 0 Å². The Labute approximate surface area is 111 Å². The maximum Gasteiger partial charge on any atom is 0.353 e. The Hall–Kier alpha value is -2.77. The molecule has 2 rings (SSSR count). The van der Waals surface area contributed by atoms with E-state index in [1.54, 1.807) is 0 Å². The lowest BCUT2D eigenvalue weighted by Crippen LogP contribution is -2.14. The Morgan fingerprint density at radius 2 is 2.00 bits per heavy atom. The van der Waals surface area contributed by atoms with E-state index in [9.17, 15) is 18.4 Å². The molecule has 0 radical (unpaired) electrons. The number of aromatic amines is 1. The summed E-state index contributed by atoms with van der Waals surface area (Å²) in [4.78, 5) is 22.2. The molecule has 20 heavy (non-hydrogen) atoms. The predicted molar refractivity (Wildman–Crippen MR) is 64.2 cm³/mol. The predicted octanol–water partition coefficient (Wildman–Crippen LogP) is 1.57. The first kappa shape index (κ1) is 13.7. The number of carbonyl (C=O) groups excluding carboxylic acids is 1. The van der Waals surface area contributed by atoms with E-state index in [2.05, 4.69) is 15.5 Å². The SMILES string of the molecule is O=C(Cc1ccc(F)c(F)c1)Nc1cc(C(=O)O)[nH]n1. The standard InChI is InChI=1S/C12H9F2N3O3/c13-7-2-1-6(3-8(7)14)4-11(18)15-10-5-9(12(19)20)16-17-10/h1-3,5H,4H2,(H,19,20)(H2,15,16,17,18). The summed E-state index contributed by atoms with van der Waals surface area (Å²) in [6.45, 7) is 0. The molecule has 6 nitrogen and oxygen atoms in total. The number of halogens is 2. The Morgan fingerprint density at radius 1 is 1.25 bits per heavy atom. The van der Waals surface area contributed by atoms with Gasteiger partial charge in [0.25, 0.3) is 0 Å². The molecule has 0 saturated carbocycles. The first-order valence-corrected chi connectivity index (χ1v) is 5.48. The van der Waals surface area contributed by atoms with Crippen LogP contribution in [0, 0.1) is 11.6 Å². The van der Waals surface area contributed by atoms with Crippen molar-refractivity contribution in [2.75, 3.05) is 5.32 Å². The zero-order valence-electron chi connectivity index (χ0n) is 9.98. The highest BCUT2D eigenvalue weighted by Gasteiger charge is 2.11. The van der Waals surface area contributed by atoms with Crippen molar-refractivity contribution in [2.45, 2.75) is 6.42 Å². The van der Waals surface area contributed by atoms with Gasteiger partial charge in [0.05, 0.1) is 6.42 Å². The van der Waals surface area contributed by atoms with Gasteiger partial charge < -0.3 is 10.4 Å². The summed E-state index contributed by atoms with van der Waals surface area (Å²) in [5, 5.41) is 16.8. The Balaban J connectivity index is 2.01. The number of amides is 1. The van der Waals surface area contributed by atoms with Crippen LogP contribution >= 0.6 is 0 Å². The maximum atomic E-state index is 13.0. The molecule has 1 aromatic carbocycles. The third kappa shape index (κ3) is 3.16. The van der Waals surface area contributed by atoms with Crippen LogP contribution in [0.1, 0.15) is 16.1 Å². The molecule has 2 aromatic rings. The Morgan fingerprint density at radius 3 is 2.60 bits per heavy atom. The van der Waals surface area contributed by atoms with Crippen molar-refractivity contribution >= 4 is 17.7 Å². The number of aromatic carboxylic acids is 1. The Kier molecular flexibility index (Phi) is 3.74. The summed E-state index contributed by atoms with van der Waals surface area (Å²) in [5.74, 6) is -3.73. The Bertz CT molecular complexity index is 670. The monoisotopic (exact) mass is 281 g/mol. The molecule has 1 heterocycles. The summed E-state index contributed by atoms with van der Waals surface area (Å²) in [7, 11) is 0.